The molecule has 2 rings (SSSR count). The van der Waals surface area contributed by atoms with Crippen molar-refractivity contribution < 1.29 is 9.53 Å². The van der Waals surface area contributed by atoms with Crippen LogP contribution in [0.25, 0.3) is 0 Å². The van der Waals surface area contributed by atoms with Gasteiger partial charge in [-0.15, -0.1) is 0 Å². The molecule has 0 aliphatic carbocycles. The number of amides is 1. The summed E-state index contributed by atoms with van der Waals surface area (Å²) in [7, 11) is 0. The first kappa shape index (κ1) is 14.7. The number of hydrogen-bond acceptors (Lipinski definition) is 4. The summed E-state index contributed by atoms with van der Waals surface area (Å²) in [5.74, 6) is 1.74. The van der Waals surface area contributed by atoms with E-state index in [4.69, 9.17) is 4.74 Å². The van der Waals surface area contributed by atoms with E-state index >= 15 is 0 Å². The first-order valence-corrected chi connectivity index (χ1v) is 8.27. The van der Waals surface area contributed by atoms with Gasteiger partial charge < -0.3 is 10.1 Å². The van der Waals surface area contributed by atoms with Crippen molar-refractivity contribution in [3.8, 4) is 6.07 Å². The van der Waals surface area contributed by atoms with E-state index in [1.54, 1.807) is 11.8 Å². The molecule has 4 nitrogen and oxygen atoms in total. The van der Waals surface area contributed by atoms with Crippen molar-refractivity contribution in [3.63, 3.8) is 0 Å². The monoisotopic (exact) mass is 282 g/mol. The average Bonchev–Trinajstić information content (AvgIpc) is 2.88. The van der Waals surface area contributed by atoms with Crippen molar-refractivity contribution in [1.29, 1.82) is 5.26 Å². The molecule has 2 heterocycles. The zero-order valence-electron chi connectivity index (χ0n) is 11.5. The van der Waals surface area contributed by atoms with Crippen LogP contribution < -0.4 is 5.32 Å². The van der Waals surface area contributed by atoms with Gasteiger partial charge in [0.05, 0.1) is 12.2 Å². The van der Waals surface area contributed by atoms with Crippen molar-refractivity contribution >= 4 is 17.7 Å². The maximum absolute atomic E-state index is 12.3. The predicted molar refractivity (Wildman–Crippen MR) is 75.8 cm³/mol. The molecule has 0 aromatic rings. The summed E-state index contributed by atoms with van der Waals surface area (Å²) in [6, 6.07) is 2.30. The second-order valence-electron chi connectivity index (χ2n) is 5.49. The molecule has 0 unspecified atom stereocenters. The van der Waals surface area contributed by atoms with Crippen LogP contribution in [0.3, 0.4) is 0 Å². The molecule has 0 radical (unpaired) electrons. The van der Waals surface area contributed by atoms with E-state index in [-0.39, 0.29) is 17.9 Å². The Morgan fingerprint density at radius 1 is 1.63 bits per heavy atom. The fraction of sp³-hybridized carbons (Fsp3) is 0.857. The maximum atomic E-state index is 12.3. The van der Waals surface area contributed by atoms with Crippen molar-refractivity contribution in [2.45, 2.75) is 50.7 Å². The first-order valence-electron chi connectivity index (χ1n) is 7.12. The number of nitrogens with zero attached hydrogens (tertiary/aromatic N) is 1. The van der Waals surface area contributed by atoms with Crippen LogP contribution in [0.4, 0.5) is 0 Å². The molecular formula is C14H22N2O2S. The summed E-state index contributed by atoms with van der Waals surface area (Å²) in [6.45, 7) is 2.80. The Hall–Kier alpha value is -0.730. The van der Waals surface area contributed by atoms with E-state index in [2.05, 4.69) is 18.3 Å². The van der Waals surface area contributed by atoms with E-state index < -0.39 is 5.54 Å². The van der Waals surface area contributed by atoms with Gasteiger partial charge in [0.2, 0.25) is 5.91 Å². The highest BCUT2D eigenvalue weighted by atomic mass is 32.2. The van der Waals surface area contributed by atoms with Crippen molar-refractivity contribution in [3.05, 3.63) is 0 Å². The lowest BCUT2D eigenvalue weighted by Gasteiger charge is -2.31. The number of nitrogens with one attached hydrogen (secondary N) is 1. The van der Waals surface area contributed by atoms with Crippen LogP contribution >= 0.6 is 11.8 Å². The lowest BCUT2D eigenvalue weighted by Crippen LogP contribution is -2.50. The highest BCUT2D eigenvalue weighted by molar-refractivity contribution is 7.99. The molecule has 106 valence electrons. The number of rotatable bonds is 4. The summed E-state index contributed by atoms with van der Waals surface area (Å²) >= 11 is 1.74. The quantitative estimate of drug-likeness (QED) is 0.857. The minimum atomic E-state index is -0.625. The number of nitriles is 1. The van der Waals surface area contributed by atoms with Gasteiger partial charge in [-0.3, -0.25) is 4.79 Å². The molecule has 2 aliphatic rings. The Balaban J connectivity index is 1.90. The van der Waals surface area contributed by atoms with Crippen molar-refractivity contribution in [2.75, 3.05) is 18.1 Å². The van der Waals surface area contributed by atoms with E-state index in [0.29, 0.717) is 6.61 Å². The summed E-state index contributed by atoms with van der Waals surface area (Å²) in [5, 5.41) is 12.3. The number of carbonyl (C=O) groups is 1. The van der Waals surface area contributed by atoms with Gasteiger partial charge >= 0.3 is 0 Å². The molecule has 0 aromatic carbocycles. The third-order valence-corrected chi connectivity index (χ3v) is 5.14. The first-order chi connectivity index (χ1) is 9.19. The minimum absolute atomic E-state index is 0.0149. The highest BCUT2D eigenvalue weighted by Crippen LogP contribution is 2.29. The van der Waals surface area contributed by atoms with Crippen LogP contribution in [-0.4, -0.2) is 35.7 Å². The van der Waals surface area contributed by atoms with Gasteiger partial charge in [-0.1, -0.05) is 13.3 Å². The zero-order chi connectivity index (χ0) is 13.7. The Labute approximate surface area is 119 Å². The highest BCUT2D eigenvalue weighted by Gasteiger charge is 2.38. The van der Waals surface area contributed by atoms with Gasteiger partial charge in [0.1, 0.15) is 5.54 Å². The lowest BCUT2D eigenvalue weighted by atomic mass is 9.91. The molecular weight excluding hydrogens is 260 g/mol. The van der Waals surface area contributed by atoms with E-state index in [1.165, 1.54) is 0 Å². The third-order valence-electron chi connectivity index (χ3n) is 3.95. The molecule has 2 aliphatic heterocycles. The number of carbonyl (C=O) groups excluding carboxylic acids is 1. The minimum Gasteiger partial charge on any atom is -0.378 e. The largest absolute Gasteiger partial charge is 0.378 e. The Kier molecular flexibility index (Phi) is 5.12. The summed E-state index contributed by atoms with van der Waals surface area (Å²) in [6.07, 6.45) is 4.66. The molecule has 3 atom stereocenters. The lowest BCUT2D eigenvalue weighted by molar-refractivity contribution is -0.131. The number of ether oxygens (including phenoxy) is 1. The topological polar surface area (TPSA) is 62.1 Å². The molecule has 0 aromatic heterocycles. The second kappa shape index (κ2) is 6.62. The molecule has 2 saturated heterocycles. The molecule has 0 saturated carbocycles. The molecule has 19 heavy (non-hydrogen) atoms. The summed E-state index contributed by atoms with van der Waals surface area (Å²) in [4.78, 5) is 12.3. The molecule has 5 heteroatoms. The third kappa shape index (κ3) is 3.64. The van der Waals surface area contributed by atoms with Gasteiger partial charge in [-0.25, -0.2) is 0 Å². The Morgan fingerprint density at radius 3 is 3.11 bits per heavy atom. The van der Waals surface area contributed by atoms with Crippen LogP contribution in [0.1, 0.15) is 39.0 Å². The van der Waals surface area contributed by atoms with Gasteiger partial charge in [0.25, 0.3) is 0 Å². The van der Waals surface area contributed by atoms with Crippen LogP contribution in [0.2, 0.25) is 0 Å². The molecule has 2 fully saturated rings. The SMILES string of the molecule is CCC[C@@H]1C[C@@H](C(=O)N[C@]2(C#N)CCSC2)CCO1. The number of hydrogen-bond donors (Lipinski definition) is 1. The van der Waals surface area contributed by atoms with Crippen LogP contribution in [-0.2, 0) is 9.53 Å². The van der Waals surface area contributed by atoms with E-state index in [9.17, 15) is 10.1 Å². The molecule has 1 amide bonds. The second-order valence-corrected chi connectivity index (χ2v) is 6.59. The molecule has 1 N–H and O–H groups in total. The number of thioether (sulfide) groups is 1. The van der Waals surface area contributed by atoms with Gasteiger partial charge in [0, 0.05) is 18.3 Å². The summed E-state index contributed by atoms with van der Waals surface area (Å²) in [5.41, 5.74) is -0.625. The van der Waals surface area contributed by atoms with Crippen LogP contribution in [0.15, 0.2) is 0 Å². The van der Waals surface area contributed by atoms with Gasteiger partial charge in [-0.05, 0) is 31.4 Å². The predicted octanol–water partition coefficient (Wildman–Crippen LogP) is 2.10. The normalized spacial score (nSPS) is 34.7. The van der Waals surface area contributed by atoms with Gasteiger partial charge in [0.15, 0.2) is 0 Å². The van der Waals surface area contributed by atoms with Crippen LogP contribution in [0.5, 0.6) is 0 Å². The Bertz CT molecular complexity index is 359. The van der Waals surface area contributed by atoms with Crippen molar-refractivity contribution in [2.24, 2.45) is 5.92 Å². The Morgan fingerprint density at radius 2 is 2.47 bits per heavy atom. The van der Waals surface area contributed by atoms with E-state index in [1.807, 2.05) is 0 Å². The zero-order valence-corrected chi connectivity index (χ0v) is 12.3. The van der Waals surface area contributed by atoms with Crippen LogP contribution in [0, 0.1) is 17.2 Å². The molecule has 0 bridgehead atoms. The van der Waals surface area contributed by atoms with Crippen molar-refractivity contribution in [1.82, 2.24) is 5.32 Å². The molecule has 0 spiro atoms. The average molecular weight is 282 g/mol. The van der Waals surface area contributed by atoms with E-state index in [0.717, 1.165) is 43.6 Å². The maximum Gasteiger partial charge on any atom is 0.224 e. The standard InChI is InChI=1S/C14H22N2O2S/c1-2-3-12-8-11(4-6-18-12)13(17)16-14(9-15)5-7-19-10-14/h11-12H,2-8,10H2,1H3,(H,16,17)/t11-,12+,14-/m0/s1. The fourth-order valence-corrected chi connectivity index (χ4v) is 4.03. The summed E-state index contributed by atoms with van der Waals surface area (Å²) < 4.78 is 5.67. The van der Waals surface area contributed by atoms with Gasteiger partial charge in [-0.2, -0.15) is 17.0 Å². The smallest absolute Gasteiger partial charge is 0.224 e. The fourth-order valence-electron chi connectivity index (χ4n) is 2.76.